The number of aromatic nitrogens is 3. The minimum Gasteiger partial charge on any atom is -0.486 e. The summed E-state index contributed by atoms with van der Waals surface area (Å²) in [5.74, 6) is 1.18. The largest absolute Gasteiger partial charge is 0.486 e. The van der Waals surface area contributed by atoms with Gasteiger partial charge in [-0.3, -0.25) is 9.69 Å². The van der Waals surface area contributed by atoms with Gasteiger partial charge < -0.3 is 14.0 Å². The number of hydrogen-bond donors (Lipinski definition) is 0. The van der Waals surface area contributed by atoms with Crippen molar-refractivity contribution in [1.82, 2.24) is 14.5 Å². The van der Waals surface area contributed by atoms with E-state index in [9.17, 15) is 4.79 Å². The predicted octanol–water partition coefficient (Wildman–Crippen LogP) is 4.62. The molecule has 0 bridgehead atoms. The number of anilines is 1. The van der Waals surface area contributed by atoms with Gasteiger partial charge in [-0.25, -0.2) is 9.97 Å². The number of nitrogens with zero attached hydrogens (tertiary/aromatic N) is 4. The number of carbonyl (C=O) groups is 1. The van der Waals surface area contributed by atoms with E-state index < -0.39 is 0 Å². The van der Waals surface area contributed by atoms with Gasteiger partial charge in [0.2, 0.25) is 0 Å². The third-order valence-electron chi connectivity index (χ3n) is 5.44. The molecule has 0 spiro atoms. The van der Waals surface area contributed by atoms with E-state index >= 15 is 0 Å². The van der Waals surface area contributed by atoms with E-state index in [4.69, 9.17) is 14.5 Å². The molecule has 0 N–H and O–H groups in total. The molecule has 8 heteroatoms. The van der Waals surface area contributed by atoms with Crippen LogP contribution in [0.1, 0.15) is 27.9 Å². The van der Waals surface area contributed by atoms with Crippen LogP contribution in [0.25, 0.3) is 10.2 Å². The molecule has 3 heterocycles. The first-order chi connectivity index (χ1) is 15.6. The molecule has 5 rings (SSSR count). The minimum absolute atomic E-state index is 0.0963. The molecule has 0 atom stereocenters. The maximum atomic E-state index is 13.6. The van der Waals surface area contributed by atoms with Crippen LogP contribution >= 0.6 is 11.3 Å². The van der Waals surface area contributed by atoms with Gasteiger partial charge in [-0.1, -0.05) is 17.4 Å². The minimum atomic E-state index is -0.0963. The number of carbonyl (C=O) groups excluding carboxylic acids is 1. The van der Waals surface area contributed by atoms with E-state index in [1.54, 1.807) is 47.0 Å². The van der Waals surface area contributed by atoms with E-state index in [0.717, 1.165) is 28.7 Å². The molecule has 1 amide bonds. The fourth-order valence-electron chi connectivity index (χ4n) is 3.92. The lowest BCUT2D eigenvalue weighted by molar-refractivity contribution is 0.0985. The Balaban J connectivity index is 1.47. The van der Waals surface area contributed by atoms with Crippen LogP contribution in [-0.2, 0) is 6.54 Å². The maximum Gasteiger partial charge on any atom is 0.260 e. The Labute approximate surface area is 190 Å². The molecule has 0 saturated carbocycles. The molecule has 0 fully saturated rings. The third kappa shape index (κ3) is 4.05. The first-order valence-corrected chi connectivity index (χ1v) is 11.5. The third-order valence-corrected chi connectivity index (χ3v) is 6.47. The highest BCUT2D eigenvalue weighted by atomic mass is 32.1. The number of rotatable bonds is 6. The summed E-state index contributed by atoms with van der Waals surface area (Å²) in [4.78, 5) is 24.4. The second kappa shape index (κ2) is 8.63. The predicted molar refractivity (Wildman–Crippen MR) is 125 cm³/mol. The molecule has 0 radical (unpaired) electrons. The van der Waals surface area contributed by atoms with E-state index in [-0.39, 0.29) is 5.91 Å². The van der Waals surface area contributed by atoms with Crippen molar-refractivity contribution in [3.05, 3.63) is 65.7 Å². The zero-order valence-corrected chi connectivity index (χ0v) is 18.9. The van der Waals surface area contributed by atoms with Gasteiger partial charge in [-0.15, -0.1) is 0 Å². The smallest absolute Gasteiger partial charge is 0.260 e. The molecular weight excluding hydrogens is 424 g/mol. The molecule has 0 aliphatic carbocycles. The van der Waals surface area contributed by atoms with Crippen molar-refractivity contribution in [2.75, 3.05) is 24.7 Å². The lowest BCUT2D eigenvalue weighted by Gasteiger charge is -2.22. The van der Waals surface area contributed by atoms with Crippen LogP contribution in [0.15, 0.2) is 49.1 Å². The Hall–Kier alpha value is -3.39. The monoisotopic (exact) mass is 448 g/mol. The summed E-state index contributed by atoms with van der Waals surface area (Å²) in [6, 6.07) is 9.61. The quantitative estimate of drug-likeness (QED) is 0.431. The SMILES string of the molecule is Cc1cc(C)c2nc(N(CCCn3ccnc3)C(=O)c3ccc4c(c3)OCCO4)sc2c1. The van der Waals surface area contributed by atoms with Crippen molar-refractivity contribution < 1.29 is 14.3 Å². The molecule has 4 aromatic rings. The number of thiazole rings is 1. The van der Waals surface area contributed by atoms with Crippen molar-refractivity contribution >= 4 is 32.6 Å². The number of aryl methyl sites for hydroxylation is 3. The van der Waals surface area contributed by atoms with Gasteiger partial charge in [0.05, 0.1) is 16.5 Å². The van der Waals surface area contributed by atoms with Gasteiger partial charge in [0.25, 0.3) is 5.91 Å². The maximum absolute atomic E-state index is 13.6. The molecule has 164 valence electrons. The van der Waals surface area contributed by atoms with Crippen molar-refractivity contribution in [1.29, 1.82) is 0 Å². The average molecular weight is 449 g/mol. The Morgan fingerprint density at radius 2 is 2.00 bits per heavy atom. The van der Waals surface area contributed by atoms with Crippen LogP contribution in [0.4, 0.5) is 5.13 Å². The second-order valence-corrected chi connectivity index (χ2v) is 8.90. The summed E-state index contributed by atoms with van der Waals surface area (Å²) in [6.45, 7) is 6.46. The number of amides is 1. The van der Waals surface area contributed by atoms with E-state index in [0.29, 0.717) is 42.0 Å². The molecule has 1 aliphatic rings. The molecule has 0 unspecified atom stereocenters. The standard InChI is InChI=1S/C24H24N4O3S/c1-16-12-17(2)22-21(13-16)32-24(26-22)28(8-3-7-27-9-6-25-15-27)23(29)18-4-5-19-20(14-18)31-11-10-30-19/h4-6,9,12-15H,3,7-8,10-11H2,1-2H3. The molecule has 1 aliphatic heterocycles. The molecule has 7 nitrogen and oxygen atoms in total. The van der Waals surface area contributed by atoms with Crippen LogP contribution in [0.3, 0.4) is 0 Å². The van der Waals surface area contributed by atoms with Gasteiger partial charge >= 0.3 is 0 Å². The van der Waals surface area contributed by atoms with Gasteiger partial charge in [-0.05, 0) is 55.7 Å². The number of ether oxygens (including phenoxy) is 2. The van der Waals surface area contributed by atoms with E-state index in [2.05, 4.69) is 31.0 Å². The zero-order chi connectivity index (χ0) is 22.1. The summed E-state index contributed by atoms with van der Waals surface area (Å²) in [7, 11) is 0. The van der Waals surface area contributed by atoms with Gasteiger partial charge in [0, 0.05) is 31.0 Å². The normalized spacial score (nSPS) is 12.8. The van der Waals surface area contributed by atoms with Crippen LogP contribution in [0.5, 0.6) is 11.5 Å². The van der Waals surface area contributed by atoms with Crippen LogP contribution in [0.2, 0.25) is 0 Å². The average Bonchev–Trinajstić information content (AvgIpc) is 3.46. The summed E-state index contributed by atoms with van der Waals surface area (Å²) in [6.07, 6.45) is 6.25. The fourth-order valence-corrected chi connectivity index (χ4v) is 5.09. The van der Waals surface area contributed by atoms with Crippen molar-refractivity contribution in [3.63, 3.8) is 0 Å². The van der Waals surface area contributed by atoms with Gasteiger partial charge in [0.15, 0.2) is 16.6 Å². The van der Waals surface area contributed by atoms with Gasteiger partial charge in [-0.2, -0.15) is 0 Å². The first-order valence-electron chi connectivity index (χ1n) is 10.6. The van der Waals surface area contributed by atoms with Crippen molar-refractivity contribution in [2.45, 2.75) is 26.8 Å². The molecule has 2 aromatic carbocycles. The van der Waals surface area contributed by atoms with Crippen molar-refractivity contribution in [3.8, 4) is 11.5 Å². The molecule has 2 aromatic heterocycles. The lowest BCUT2D eigenvalue weighted by atomic mass is 10.1. The van der Waals surface area contributed by atoms with Crippen LogP contribution in [-0.4, -0.2) is 40.2 Å². The number of imidazole rings is 1. The summed E-state index contributed by atoms with van der Waals surface area (Å²) in [5.41, 5.74) is 3.82. The zero-order valence-electron chi connectivity index (χ0n) is 18.1. The number of benzene rings is 2. The fraction of sp³-hybridized carbons (Fsp3) is 0.292. The second-order valence-electron chi connectivity index (χ2n) is 7.89. The topological polar surface area (TPSA) is 69.5 Å². The van der Waals surface area contributed by atoms with Gasteiger partial charge in [0.1, 0.15) is 13.2 Å². The highest BCUT2D eigenvalue weighted by Crippen LogP contribution is 2.34. The van der Waals surface area contributed by atoms with Crippen LogP contribution < -0.4 is 14.4 Å². The Morgan fingerprint density at radius 3 is 2.81 bits per heavy atom. The Bertz CT molecular complexity index is 1270. The van der Waals surface area contributed by atoms with E-state index in [1.807, 2.05) is 10.8 Å². The summed E-state index contributed by atoms with van der Waals surface area (Å²) in [5, 5.41) is 0.708. The lowest BCUT2D eigenvalue weighted by Crippen LogP contribution is -2.32. The Kier molecular flexibility index (Phi) is 5.53. The number of fused-ring (bicyclic) bond motifs is 2. The highest BCUT2D eigenvalue weighted by Gasteiger charge is 2.23. The molecule has 32 heavy (non-hydrogen) atoms. The first kappa shape index (κ1) is 20.5. The molecular formula is C24H24N4O3S. The van der Waals surface area contributed by atoms with Crippen molar-refractivity contribution in [2.24, 2.45) is 0 Å². The van der Waals surface area contributed by atoms with Crippen LogP contribution in [0, 0.1) is 13.8 Å². The number of hydrogen-bond acceptors (Lipinski definition) is 6. The Morgan fingerprint density at radius 1 is 1.16 bits per heavy atom. The molecule has 0 saturated heterocycles. The van der Waals surface area contributed by atoms with E-state index in [1.165, 1.54) is 5.56 Å². The summed E-state index contributed by atoms with van der Waals surface area (Å²) >= 11 is 1.55. The highest BCUT2D eigenvalue weighted by molar-refractivity contribution is 7.22. The summed E-state index contributed by atoms with van der Waals surface area (Å²) < 4.78 is 14.4.